The molecule has 0 aliphatic carbocycles. The van der Waals surface area contributed by atoms with Gasteiger partial charge in [-0.3, -0.25) is 10.1 Å². The van der Waals surface area contributed by atoms with E-state index in [1.807, 2.05) is 36.4 Å². The number of thioether (sulfide) groups is 1. The highest BCUT2D eigenvalue weighted by Gasteiger charge is 2.13. The van der Waals surface area contributed by atoms with Crippen molar-refractivity contribution in [3.8, 4) is 6.07 Å². The van der Waals surface area contributed by atoms with Crippen LogP contribution in [0.4, 0.5) is 5.13 Å². The second-order valence-electron chi connectivity index (χ2n) is 5.12. The summed E-state index contributed by atoms with van der Waals surface area (Å²) in [6, 6.07) is 11.2. The number of nitriles is 1. The van der Waals surface area contributed by atoms with Crippen molar-refractivity contribution >= 4 is 40.4 Å². The summed E-state index contributed by atoms with van der Waals surface area (Å²) in [4.78, 5) is 16.4. The SMILES string of the molecule is CC(C)CSc1nsc(NC(=O)/C(C#N)=C\c2ccccc2)n1. The lowest BCUT2D eigenvalue weighted by Gasteiger charge is -2.00. The van der Waals surface area contributed by atoms with Crippen LogP contribution in [0, 0.1) is 17.2 Å². The smallest absolute Gasteiger partial charge is 0.268 e. The van der Waals surface area contributed by atoms with E-state index in [9.17, 15) is 10.1 Å². The predicted octanol–water partition coefficient (Wildman–Crippen LogP) is 3.83. The molecular weight excluding hydrogens is 328 g/mol. The van der Waals surface area contributed by atoms with Crippen LogP contribution in [0.5, 0.6) is 0 Å². The highest BCUT2D eigenvalue weighted by atomic mass is 32.2. The Bertz CT molecular complexity index is 732. The standard InChI is InChI=1S/C16H16N4OS2/c1-11(2)10-22-16-19-15(23-20-16)18-14(21)13(9-17)8-12-6-4-3-5-7-12/h3-8,11H,10H2,1-2H3,(H,18,19,20,21)/b13-8-. The fourth-order valence-electron chi connectivity index (χ4n) is 1.59. The van der Waals surface area contributed by atoms with Gasteiger partial charge in [-0.2, -0.15) is 14.6 Å². The van der Waals surface area contributed by atoms with Crippen LogP contribution in [-0.4, -0.2) is 21.0 Å². The first-order chi connectivity index (χ1) is 11.1. The van der Waals surface area contributed by atoms with E-state index in [4.69, 9.17) is 0 Å². The summed E-state index contributed by atoms with van der Waals surface area (Å²) in [6.07, 6.45) is 1.55. The minimum atomic E-state index is -0.479. The maximum absolute atomic E-state index is 12.2. The minimum absolute atomic E-state index is 0.0304. The number of rotatable bonds is 6. The number of benzene rings is 1. The Kier molecular flexibility index (Phi) is 6.32. The first kappa shape index (κ1) is 17.2. The normalized spacial score (nSPS) is 11.3. The monoisotopic (exact) mass is 344 g/mol. The van der Waals surface area contributed by atoms with Crippen LogP contribution in [0.2, 0.25) is 0 Å². The summed E-state index contributed by atoms with van der Waals surface area (Å²) >= 11 is 2.66. The molecule has 5 nitrogen and oxygen atoms in total. The average Bonchev–Trinajstić information content (AvgIpc) is 2.99. The number of amides is 1. The summed E-state index contributed by atoms with van der Waals surface area (Å²) in [7, 11) is 0. The van der Waals surface area contributed by atoms with Gasteiger partial charge in [-0.1, -0.05) is 55.9 Å². The number of hydrogen-bond donors (Lipinski definition) is 1. The summed E-state index contributed by atoms with van der Waals surface area (Å²) in [6.45, 7) is 4.24. The number of nitrogens with one attached hydrogen (secondary N) is 1. The maximum Gasteiger partial charge on any atom is 0.268 e. The van der Waals surface area contributed by atoms with Crippen molar-refractivity contribution in [1.29, 1.82) is 5.26 Å². The molecule has 0 spiro atoms. The van der Waals surface area contributed by atoms with E-state index >= 15 is 0 Å². The molecule has 1 aromatic carbocycles. The Morgan fingerprint density at radius 1 is 1.43 bits per heavy atom. The minimum Gasteiger partial charge on any atom is -0.296 e. The highest BCUT2D eigenvalue weighted by Crippen LogP contribution is 2.22. The number of nitrogens with zero attached hydrogens (tertiary/aromatic N) is 3. The summed E-state index contributed by atoms with van der Waals surface area (Å²) in [5.74, 6) is 0.982. The number of hydrogen-bond acceptors (Lipinski definition) is 6. The third kappa shape index (κ3) is 5.51. The molecule has 0 bridgehead atoms. The van der Waals surface area contributed by atoms with Gasteiger partial charge in [0.2, 0.25) is 10.3 Å². The van der Waals surface area contributed by atoms with E-state index in [0.29, 0.717) is 16.2 Å². The van der Waals surface area contributed by atoms with Crippen LogP contribution in [0.1, 0.15) is 19.4 Å². The quantitative estimate of drug-likeness (QED) is 0.489. The third-order valence-electron chi connectivity index (χ3n) is 2.65. The van der Waals surface area contributed by atoms with Crippen LogP contribution in [0.3, 0.4) is 0 Å². The average molecular weight is 344 g/mol. The number of carbonyl (C=O) groups excluding carboxylic acids is 1. The molecule has 1 amide bonds. The van der Waals surface area contributed by atoms with Crippen molar-refractivity contribution in [3.63, 3.8) is 0 Å². The van der Waals surface area contributed by atoms with Gasteiger partial charge in [0.15, 0.2) is 0 Å². The van der Waals surface area contributed by atoms with Crippen molar-refractivity contribution in [2.24, 2.45) is 5.92 Å². The molecule has 0 saturated heterocycles. The molecule has 23 heavy (non-hydrogen) atoms. The Balaban J connectivity index is 2.03. The van der Waals surface area contributed by atoms with E-state index in [2.05, 4.69) is 28.5 Å². The van der Waals surface area contributed by atoms with Crippen molar-refractivity contribution in [3.05, 3.63) is 41.5 Å². The Morgan fingerprint density at radius 3 is 2.83 bits per heavy atom. The molecule has 0 saturated carbocycles. The molecular formula is C16H16N4OS2. The highest BCUT2D eigenvalue weighted by molar-refractivity contribution is 7.99. The van der Waals surface area contributed by atoms with Crippen molar-refractivity contribution in [2.75, 3.05) is 11.1 Å². The van der Waals surface area contributed by atoms with Crippen LogP contribution in [0.25, 0.3) is 6.08 Å². The van der Waals surface area contributed by atoms with E-state index in [1.54, 1.807) is 17.8 Å². The lowest BCUT2D eigenvalue weighted by Crippen LogP contribution is -2.13. The molecule has 0 radical (unpaired) electrons. The largest absolute Gasteiger partial charge is 0.296 e. The number of aromatic nitrogens is 2. The fraction of sp³-hybridized carbons (Fsp3) is 0.250. The molecule has 0 fully saturated rings. The molecule has 2 aromatic rings. The van der Waals surface area contributed by atoms with Gasteiger partial charge in [0.05, 0.1) is 0 Å². The van der Waals surface area contributed by atoms with Crippen LogP contribution >= 0.6 is 23.3 Å². The zero-order valence-electron chi connectivity index (χ0n) is 12.8. The predicted molar refractivity (Wildman–Crippen MR) is 94.1 cm³/mol. The lowest BCUT2D eigenvalue weighted by atomic mass is 10.1. The van der Waals surface area contributed by atoms with Gasteiger partial charge in [0.25, 0.3) is 5.91 Å². The van der Waals surface area contributed by atoms with E-state index in [1.165, 1.54) is 0 Å². The topological polar surface area (TPSA) is 78.7 Å². The van der Waals surface area contributed by atoms with Crippen molar-refractivity contribution < 1.29 is 4.79 Å². The molecule has 0 unspecified atom stereocenters. The third-order valence-corrected chi connectivity index (χ3v) is 4.67. The molecule has 118 valence electrons. The Labute approximate surface area is 143 Å². The summed E-state index contributed by atoms with van der Waals surface area (Å²) in [5, 5.41) is 12.8. The van der Waals surface area contributed by atoms with Gasteiger partial charge < -0.3 is 0 Å². The summed E-state index contributed by atoms with van der Waals surface area (Å²) < 4.78 is 4.19. The number of anilines is 1. The van der Waals surface area contributed by atoms with Gasteiger partial charge >= 0.3 is 0 Å². The maximum atomic E-state index is 12.2. The molecule has 2 rings (SSSR count). The first-order valence-corrected chi connectivity index (χ1v) is 8.79. The van der Waals surface area contributed by atoms with Crippen molar-refractivity contribution in [2.45, 2.75) is 19.0 Å². The second-order valence-corrected chi connectivity index (χ2v) is 6.86. The second kappa shape index (κ2) is 8.46. The van der Waals surface area contributed by atoms with Gasteiger partial charge in [-0.15, -0.1) is 0 Å². The lowest BCUT2D eigenvalue weighted by molar-refractivity contribution is -0.112. The van der Waals surface area contributed by atoms with Gasteiger partial charge in [-0.05, 0) is 17.6 Å². The first-order valence-electron chi connectivity index (χ1n) is 7.03. The van der Waals surface area contributed by atoms with Gasteiger partial charge in [0, 0.05) is 17.3 Å². The summed E-state index contributed by atoms with van der Waals surface area (Å²) in [5.41, 5.74) is 0.826. The van der Waals surface area contributed by atoms with E-state index in [0.717, 1.165) is 22.8 Å². The Morgan fingerprint density at radius 2 is 2.17 bits per heavy atom. The van der Waals surface area contributed by atoms with Crippen LogP contribution in [0.15, 0.2) is 41.1 Å². The molecule has 1 heterocycles. The van der Waals surface area contributed by atoms with Gasteiger partial charge in [0.1, 0.15) is 11.6 Å². The molecule has 7 heteroatoms. The van der Waals surface area contributed by atoms with Crippen molar-refractivity contribution in [1.82, 2.24) is 9.36 Å². The fourth-order valence-corrected chi connectivity index (χ4v) is 3.08. The van der Waals surface area contributed by atoms with E-state index < -0.39 is 5.91 Å². The van der Waals surface area contributed by atoms with Gasteiger partial charge in [-0.25, -0.2) is 0 Å². The Hall–Kier alpha value is -2.17. The van der Waals surface area contributed by atoms with Crippen LogP contribution in [-0.2, 0) is 4.79 Å². The van der Waals surface area contributed by atoms with E-state index in [-0.39, 0.29) is 5.57 Å². The number of carbonyl (C=O) groups is 1. The molecule has 1 aromatic heterocycles. The zero-order chi connectivity index (χ0) is 16.7. The molecule has 0 aliphatic rings. The molecule has 1 N–H and O–H groups in total. The molecule has 0 atom stereocenters. The zero-order valence-corrected chi connectivity index (χ0v) is 14.4. The van der Waals surface area contributed by atoms with Crippen LogP contribution < -0.4 is 5.32 Å². The molecule has 0 aliphatic heterocycles.